The SMILES string of the molecule is [C-]#[N+]C1(c2ccc(OC)c(OC3CCCC3)c2)CCN(C(CC)C(=O)NO)CC1. The van der Waals surface area contributed by atoms with E-state index in [-0.39, 0.29) is 18.1 Å². The van der Waals surface area contributed by atoms with Crippen molar-refractivity contribution in [3.8, 4) is 11.5 Å². The quantitative estimate of drug-likeness (QED) is 0.415. The van der Waals surface area contributed by atoms with E-state index in [2.05, 4.69) is 9.74 Å². The average molecular weight is 402 g/mol. The molecule has 2 N–H and O–H groups in total. The molecule has 1 aromatic rings. The summed E-state index contributed by atoms with van der Waals surface area (Å²) in [5.74, 6) is 1.02. The summed E-state index contributed by atoms with van der Waals surface area (Å²) in [7, 11) is 1.64. The number of piperidine rings is 1. The topological polar surface area (TPSA) is 75.4 Å². The summed E-state index contributed by atoms with van der Waals surface area (Å²) in [6, 6.07) is 5.46. The van der Waals surface area contributed by atoms with Crippen LogP contribution in [0.4, 0.5) is 0 Å². The number of carbonyl (C=O) groups excluding carboxylic acids is 1. The number of methoxy groups -OCH3 is 1. The fraction of sp³-hybridized carbons (Fsp3) is 0.636. The lowest BCUT2D eigenvalue weighted by Gasteiger charge is -2.37. The molecular formula is C22H31N3O4. The molecule has 1 atom stereocenters. The molecule has 158 valence electrons. The number of rotatable bonds is 7. The van der Waals surface area contributed by atoms with Crippen molar-refractivity contribution in [2.45, 2.75) is 69.6 Å². The maximum Gasteiger partial charge on any atom is 0.260 e. The first-order valence-corrected chi connectivity index (χ1v) is 10.5. The van der Waals surface area contributed by atoms with Gasteiger partial charge in [0.25, 0.3) is 11.4 Å². The molecule has 2 aliphatic rings. The molecule has 0 bridgehead atoms. The highest BCUT2D eigenvalue weighted by molar-refractivity contribution is 5.80. The molecule has 1 aliphatic heterocycles. The average Bonchev–Trinajstić information content (AvgIpc) is 3.27. The summed E-state index contributed by atoms with van der Waals surface area (Å²) in [5, 5.41) is 8.99. The van der Waals surface area contributed by atoms with Crippen LogP contribution in [0.3, 0.4) is 0 Å². The van der Waals surface area contributed by atoms with E-state index in [1.165, 1.54) is 12.8 Å². The van der Waals surface area contributed by atoms with Crippen LogP contribution in [0.5, 0.6) is 11.5 Å². The lowest BCUT2D eigenvalue weighted by molar-refractivity contribution is -0.135. The van der Waals surface area contributed by atoms with Crippen molar-refractivity contribution < 1.29 is 19.5 Å². The normalized spacial score (nSPS) is 20.6. The molecule has 0 aromatic heterocycles. The Balaban J connectivity index is 1.79. The zero-order valence-corrected chi connectivity index (χ0v) is 17.3. The van der Waals surface area contributed by atoms with E-state index >= 15 is 0 Å². The zero-order chi connectivity index (χ0) is 20.9. The first-order valence-electron chi connectivity index (χ1n) is 10.5. The Morgan fingerprint density at radius 1 is 1.34 bits per heavy atom. The van der Waals surface area contributed by atoms with E-state index in [1.807, 2.05) is 25.1 Å². The fourth-order valence-corrected chi connectivity index (χ4v) is 4.60. The van der Waals surface area contributed by atoms with Crippen LogP contribution >= 0.6 is 0 Å². The van der Waals surface area contributed by atoms with Crippen molar-refractivity contribution in [2.24, 2.45) is 0 Å². The van der Waals surface area contributed by atoms with E-state index in [4.69, 9.17) is 21.3 Å². The highest BCUT2D eigenvalue weighted by Gasteiger charge is 2.44. The summed E-state index contributed by atoms with van der Waals surface area (Å²) in [6.45, 7) is 11.1. The number of benzene rings is 1. The lowest BCUT2D eigenvalue weighted by Crippen LogP contribution is -2.51. The van der Waals surface area contributed by atoms with Gasteiger partial charge < -0.3 is 14.3 Å². The monoisotopic (exact) mass is 401 g/mol. The van der Waals surface area contributed by atoms with Gasteiger partial charge in [0.05, 0.1) is 19.3 Å². The number of likely N-dealkylation sites (tertiary alicyclic amines) is 1. The second-order valence-electron chi connectivity index (χ2n) is 7.97. The minimum atomic E-state index is -0.634. The van der Waals surface area contributed by atoms with E-state index in [1.54, 1.807) is 12.6 Å². The Kier molecular flexibility index (Phi) is 6.99. The van der Waals surface area contributed by atoms with Crippen molar-refractivity contribution in [3.05, 3.63) is 35.2 Å². The molecule has 1 amide bonds. The third-order valence-corrected chi connectivity index (χ3v) is 6.38. The minimum absolute atomic E-state index is 0.215. The molecule has 2 fully saturated rings. The maximum atomic E-state index is 11.9. The second kappa shape index (κ2) is 9.47. The standard InChI is InChI=1S/C22H31N3O4/c1-4-18(21(26)24-27)25-13-11-22(23-2,12-14-25)16-9-10-19(28-3)20(15-16)29-17-7-5-6-8-17/h9-10,15,17-18,27H,4-8,11-14H2,1,3H3,(H,24,26). The number of hydrogen-bond donors (Lipinski definition) is 2. The Bertz CT molecular complexity index is 747. The van der Waals surface area contributed by atoms with E-state index in [0.29, 0.717) is 43.9 Å². The zero-order valence-electron chi connectivity index (χ0n) is 17.3. The predicted octanol–water partition coefficient (Wildman–Crippen LogP) is 3.51. The van der Waals surface area contributed by atoms with Crippen molar-refractivity contribution in [1.82, 2.24) is 10.4 Å². The molecule has 1 heterocycles. The molecule has 0 spiro atoms. The summed E-state index contributed by atoms with van der Waals surface area (Å²) in [4.78, 5) is 18.0. The van der Waals surface area contributed by atoms with Crippen LogP contribution in [0.1, 0.15) is 57.4 Å². The molecule has 1 saturated heterocycles. The van der Waals surface area contributed by atoms with Crippen molar-refractivity contribution in [2.75, 3.05) is 20.2 Å². The van der Waals surface area contributed by atoms with Crippen LogP contribution in [0.15, 0.2) is 18.2 Å². The first kappa shape index (κ1) is 21.4. The molecule has 3 rings (SSSR count). The van der Waals surface area contributed by atoms with Crippen LogP contribution in [-0.2, 0) is 10.3 Å². The molecular weight excluding hydrogens is 370 g/mol. The highest BCUT2D eigenvalue weighted by atomic mass is 16.5. The molecule has 1 aromatic carbocycles. The summed E-state index contributed by atoms with van der Waals surface area (Å²) < 4.78 is 11.7. The fourth-order valence-electron chi connectivity index (χ4n) is 4.60. The van der Waals surface area contributed by atoms with Crippen LogP contribution in [0.25, 0.3) is 4.85 Å². The number of hydroxylamine groups is 1. The number of ether oxygens (including phenoxy) is 2. The van der Waals surface area contributed by atoms with Gasteiger partial charge in [0, 0.05) is 31.5 Å². The van der Waals surface area contributed by atoms with Gasteiger partial charge in [-0.2, -0.15) is 0 Å². The number of nitrogens with zero attached hydrogens (tertiary/aromatic N) is 2. The number of hydrogen-bond acceptors (Lipinski definition) is 5. The highest BCUT2D eigenvalue weighted by Crippen LogP contribution is 2.42. The smallest absolute Gasteiger partial charge is 0.260 e. The van der Waals surface area contributed by atoms with Gasteiger partial charge in [0.1, 0.15) is 0 Å². The van der Waals surface area contributed by atoms with Crippen molar-refractivity contribution in [3.63, 3.8) is 0 Å². The van der Waals surface area contributed by atoms with Gasteiger partial charge in [-0.1, -0.05) is 6.92 Å². The van der Waals surface area contributed by atoms with Gasteiger partial charge in [-0.3, -0.25) is 14.9 Å². The molecule has 7 heteroatoms. The van der Waals surface area contributed by atoms with Gasteiger partial charge >= 0.3 is 0 Å². The largest absolute Gasteiger partial charge is 0.493 e. The molecule has 1 unspecified atom stereocenters. The van der Waals surface area contributed by atoms with Crippen molar-refractivity contribution >= 4 is 5.91 Å². The Morgan fingerprint density at radius 3 is 2.59 bits per heavy atom. The number of amides is 1. The van der Waals surface area contributed by atoms with Crippen LogP contribution < -0.4 is 15.0 Å². The summed E-state index contributed by atoms with van der Waals surface area (Å²) >= 11 is 0. The van der Waals surface area contributed by atoms with Gasteiger partial charge in [0.2, 0.25) is 0 Å². The molecule has 0 radical (unpaired) electrons. The predicted molar refractivity (Wildman–Crippen MR) is 109 cm³/mol. The van der Waals surface area contributed by atoms with Gasteiger partial charge in [-0.25, -0.2) is 12.1 Å². The van der Waals surface area contributed by atoms with Gasteiger partial charge in [-0.05, 0) is 50.3 Å². The van der Waals surface area contributed by atoms with E-state index in [0.717, 1.165) is 18.4 Å². The van der Waals surface area contributed by atoms with Crippen molar-refractivity contribution in [1.29, 1.82) is 0 Å². The second-order valence-corrected chi connectivity index (χ2v) is 7.97. The van der Waals surface area contributed by atoms with Gasteiger partial charge in [-0.15, -0.1) is 0 Å². The lowest BCUT2D eigenvalue weighted by atomic mass is 9.81. The number of nitrogens with one attached hydrogen (secondary N) is 1. The van der Waals surface area contributed by atoms with E-state index in [9.17, 15) is 4.79 Å². The molecule has 1 aliphatic carbocycles. The first-order chi connectivity index (χ1) is 14.1. The van der Waals surface area contributed by atoms with Crippen LogP contribution in [-0.4, -0.2) is 48.4 Å². The molecule has 1 saturated carbocycles. The van der Waals surface area contributed by atoms with Gasteiger partial charge in [0.15, 0.2) is 11.5 Å². The maximum absolute atomic E-state index is 11.9. The van der Waals surface area contributed by atoms with Crippen LogP contribution in [0.2, 0.25) is 0 Å². The minimum Gasteiger partial charge on any atom is -0.493 e. The van der Waals surface area contributed by atoms with Crippen LogP contribution in [0, 0.1) is 6.57 Å². The summed E-state index contributed by atoms with van der Waals surface area (Å²) in [6.07, 6.45) is 6.57. The third-order valence-electron chi connectivity index (χ3n) is 6.38. The number of carbonyl (C=O) groups is 1. The summed E-state index contributed by atoms with van der Waals surface area (Å²) in [5.41, 5.74) is 2.07. The Morgan fingerprint density at radius 2 is 2.03 bits per heavy atom. The third kappa shape index (κ3) is 4.49. The Labute approximate surface area is 172 Å². The molecule has 29 heavy (non-hydrogen) atoms. The Hall–Kier alpha value is -2.30. The molecule has 7 nitrogen and oxygen atoms in total. The van der Waals surface area contributed by atoms with E-state index < -0.39 is 5.54 Å².